The van der Waals surface area contributed by atoms with Crippen LogP contribution in [0.5, 0.6) is 0 Å². The van der Waals surface area contributed by atoms with Crippen LogP contribution >= 0.6 is 12.6 Å². The maximum atomic E-state index is 11.0. The summed E-state index contributed by atoms with van der Waals surface area (Å²) in [5, 5.41) is -0.229. The molecule has 0 aliphatic heterocycles. The molecule has 0 fully saturated rings. The predicted octanol–water partition coefficient (Wildman–Crippen LogP) is 6.76. The number of carbonyl (C=O) groups is 1. The van der Waals surface area contributed by atoms with Crippen LogP contribution in [0.4, 0.5) is 0 Å². The predicted molar refractivity (Wildman–Crippen MR) is 122 cm³/mol. The molecule has 0 spiro atoms. The molecule has 0 amide bonds. The van der Waals surface area contributed by atoms with Gasteiger partial charge in [-0.15, -0.1) is 12.6 Å². The summed E-state index contributed by atoms with van der Waals surface area (Å²) in [6.07, 6.45) is 16.1. The van der Waals surface area contributed by atoms with Gasteiger partial charge in [0, 0.05) is 17.8 Å². The first-order valence-corrected chi connectivity index (χ1v) is 10.2. The van der Waals surface area contributed by atoms with Gasteiger partial charge in [0.05, 0.1) is 0 Å². The Kier molecular flexibility index (Phi) is 7.82. The van der Waals surface area contributed by atoms with E-state index in [1.54, 1.807) is 0 Å². The number of nitrogens with zero attached hydrogens (tertiary/aromatic N) is 1. The van der Waals surface area contributed by atoms with Gasteiger partial charge in [0.15, 0.2) is 0 Å². The Hall–Kier alpha value is -2.13. The molecule has 0 saturated carbocycles. The van der Waals surface area contributed by atoms with Gasteiger partial charge in [-0.25, -0.2) is 0 Å². The molecule has 0 saturated heterocycles. The zero-order valence-corrected chi connectivity index (χ0v) is 18.5. The summed E-state index contributed by atoms with van der Waals surface area (Å²) in [6, 6.07) is 6.18. The number of aromatic nitrogens is 1. The third kappa shape index (κ3) is 6.20. The van der Waals surface area contributed by atoms with Gasteiger partial charge in [0.1, 0.15) is 0 Å². The molecule has 1 heterocycles. The van der Waals surface area contributed by atoms with Crippen molar-refractivity contribution in [1.82, 2.24) is 4.98 Å². The Bertz CT molecular complexity index is 854. The molecule has 0 radical (unpaired) electrons. The second-order valence-electron chi connectivity index (χ2n) is 8.16. The van der Waals surface area contributed by atoms with Crippen molar-refractivity contribution in [2.75, 3.05) is 0 Å². The van der Waals surface area contributed by atoms with Crippen molar-refractivity contribution >= 4 is 17.7 Å². The first kappa shape index (κ1) is 22.2. The normalized spacial score (nSPS) is 21.0. The Morgan fingerprint density at radius 2 is 1.96 bits per heavy atom. The second kappa shape index (κ2) is 9.88. The molecular formula is C25H31NOS. The molecule has 28 heavy (non-hydrogen) atoms. The lowest BCUT2D eigenvalue weighted by Crippen LogP contribution is -2.24. The third-order valence-electron chi connectivity index (χ3n) is 5.36. The number of allylic oxidation sites excluding steroid dienone is 9. The summed E-state index contributed by atoms with van der Waals surface area (Å²) >= 11 is 3.77. The average molecular weight is 394 g/mol. The van der Waals surface area contributed by atoms with Gasteiger partial charge in [0.25, 0.3) is 0 Å². The number of carbonyl (C=O) groups excluding carboxylic acids is 1. The molecule has 1 aromatic rings. The van der Waals surface area contributed by atoms with Crippen LogP contribution in [0.25, 0.3) is 0 Å². The van der Waals surface area contributed by atoms with Crippen LogP contribution in [0.1, 0.15) is 59.1 Å². The first-order valence-electron chi connectivity index (χ1n) is 9.77. The smallest absolute Gasteiger partial charge is 0.209 e. The second-order valence-corrected chi connectivity index (χ2v) is 8.60. The maximum Gasteiger partial charge on any atom is 0.209 e. The molecule has 1 unspecified atom stereocenters. The molecule has 1 aliphatic rings. The summed E-state index contributed by atoms with van der Waals surface area (Å²) in [5.74, 6) is 0.393. The van der Waals surface area contributed by atoms with Crippen LogP contribution in [0.3, 0.4) is 0 Å². The summed E-state index contributed by atoms with van der Waals surface area (Å²) in [6.45, 7) is 10.9. The maximum absolute atomic E-state index is 11.0. The molecule has 1 aliphatic carbocycles. The molecule has 1 aromatic heterocycles. The quantitative estimate of drug-likeness (QED) is 0.328. The van der Waals surface area contributed by atoms with Crippen LogP contribution in [0.15, 0.2) is 83.1 Å². The van der Waals surface area contributed by atoms with Crippen molar-refractivity contribution in [3.63, 3.8) is 0 Å². The van der Waals surface area contributed by atoms with Crippen molar-refractivity contribution in [1.29, 1.82) is 0 Å². The van der Waals surface area contributed by atoms with Gasteiger partial charge in [-0.1, -0.05) is 61.4 Å². The van der Waals surface area contributed by atoms with E-state index in [1.807, 2.05) is 31.3 Å². The van der Waals surface area contributed by atoms with Crippen LogP contribution in [-0.4, -0.2) is 10.1 Å². The van der Waals surface area contributed by atoms with Crippen molar-refractivity contribution in [2.24, 2.45) is 5.41 Å². The van der Waals surface area contributed by atoms with E-state index < -0.39 is 0 Å². The van der Waals surface area contributed by atoms with E-state index in [0.29, 0.717) is 5.92 Å². The van der Waals surface area contributed by atoms with E-state index in [2.05, 4.69) is 75.7 Å². The van der Waals surface area contributed by atoms with E-state index >= 15 is 0 Å². The van der Waals surface area contributed by atoms with Crippen molar-refractivity contribution in [3.8, 4) is 0 Å². The van der Waals surface area contributed by atoms with Gasteiger partial charge in [0.2, 0.25) is 5.12 Å². The highest BCUT2D eigenvalue weighted by Crippen LogP contribution is 2.46. The minimum absolute atomic E-state index is 0.161. The SMILES string of the molecule is CC1=C(/C=C/C(C)=C/C=C/C(C)=C/C(=O)S)C(C)(C)CCC1c1ccccn1. The highest BCUT2D eigenvalue weighted by molar-refractivity contribution is 7.97. The minimum Gasteiger partial charge on any atom is -0.283 e. The largest absolute Gasteiger partial charge is 0.283 e. The lowest BCUT2D eigenvalue weighted by molar-refractivity contribution is -0.106. The monoisotopic (exact) mass is 393 g/mol. The van der Waals surface area contributed by atoms with Crippen LogP contribution < -0.4 is 0 Å². The molecule has 0 N–H and O–H groups in total. The van der Waals surface area contributed by atoms with Crippen molar-refractivity contribution in [2.45, 2.75) is 53.4 Å². The molecular weight excluding hydrogens is 362 g/mol. The van der Waals surface area contributed by atoms with Crippen molar-refractivity contribution < 1.29 is 4.79 Å². The molecule has 0 bridgehead atoms. The highest BCUT2D eigenvalue weighted by Gasteiger charge is 2.32. The highest BCUT2D eigenvalue weighted by atomic mass is 32.1. The van der Waals surface area contributed by atoms with Gasteiger partial charge >= 0.3 is 0 Å². The number of rotatable bonds is 6. The Morgan fingerprint density at radius 1 is 1.21 bits per heavy atom. The van der Waals surface area contributed by atoms with Crippen LogP contribution in [-0.2, 0) is 4.79 Å². The fourth-order valence-electron chi connectivity index (χ4n) is 3.75. The van der Waals surface area contributed by atoms with Gasteiger partial charge in [-0.3, -0.25) is 9.78 Å². The topological polar surface area (TPSA) is 30.0 Å². The fourth-order valence-corrected chi connectivity index (χ4v) is 3.96. The van der Waals surface area contributed by atoms with Crippen LogP contribution in [0.2, 0.25) is 0 Å². The number of pyridine rings is 1. The summed E-state index contributed by atoms with van der Waals surface area (Å²) < 4.78 is 0. The summed E-state index contributed by atoms with van der Waals surface area (Å²) in [5.41, 5.74) is 6.20. The molecule has 1 atom stereocenters. The number of thiol groups is 1. The molecule has 2 nitrogen and oxygen atoms in total. The zero-order chi connectivity index (χ0) is 20.7. The van der Waals surface area contributed by atoms with Gasteiger partial charge in [-0.2, -0.15) is 0 Å². The molecule has 148 valence electrons. The lowest BCUT2D eigenvalue weighted by Gasteiger charge is -2.37. The third-order valence-corrected chi connectivity index (χ3v) is 5.49. The van der Waals surface area contributed by atoms with E-state index in [0.717, 1.165) is 29.7 Å². The lowest BCUT2D eigenvalue weighted by atomic mass is 9.68. The fraction of sp³-hybridized carbons (Fsp3) is 0.360. The summed E-state index contributed by atoms with van der Waals surface area (Å²) in [7, 11) is 0. The Labute approximate surface area is 175 Å². The number of hydrogen-bond donors (Lipinski definition) is 1. The summed E-state index contributed by atoms with van der Waals surface area (Å²) in [4.78, 5) is 15.6. The van der Waals surface area contributed by atoms with E-state index in [-0.39, 0.29) is 10.5 Å². The van der Waals surface area contributed by atoms with E-state index in [9.17, 15) is 4.79 Å². The molecule has 3 heteroatoms. The Balaban J connectivity index is 2.24. The standard InChI is InChI=1S/C25H31NOS/c1-18(9-8-10-19(2)17-24(27)28)12-13-22-20(3)21(14-15-25(22,4)5)23-11-6-7-16-26-23/h6-13,16-17,21H,14-15H2,1-5H3,(H,27,28)/b10-8+,13-12+,18-9+,19-17+. The van der Waals surface area contributed by atoms with Gasteiger partial charge in [-0.05, 0) is 68.4 Å². The zero-order valence-electron chi connectivity index (χ0n) is 17.6. The average Bonchev–Trinajstić information content (AvgIpc) is 2.61. The minimum atomic E-state index is -0.229. The van der Waals surface area contributed by atoms with Crippen LogP contribution in [0, 0.1) is 5.41 Å². The molecule has 2 rings (SSSR count). The van der Waals surface area contributed by atoms with Gasteiger partial charge < -0.3 is 0 Å². The first-order chi connectivity index (χ1) is 13.2. The number of hydrogen-bond acceptors (Lipinski definition) is 2. The molecule has 0 aromatic carbocycles. The van der Waals surface area contributed by atoms with Crippen molar-refractivity contribution in [3.05, 3.63) is 88.8 Å². The Morgan fingerprint density at radius 3 is 2.61 bits per heavy atom. The van der Waals surface area contributed by atoms with E-state index in [4.69, 9.17) is 0 Å². The van der Waals surface area contributed by atoms with E-state index in [1.165, 1.54) is 17.2 Å².